The van der Waals surface area contributed by atoms with Gasteiger partial charge in [-0.25, -0.2) is 0 Å². The molecule has 1 aliphatic rings. The van der Waals surface area contributed by atoms with E-state index < -0.39 is 0 Å². The van der Waals surface area contributed by atoms with Crippen molar-refractivity contribution in [3.8, 4) is 0 Å². The smallest absolute Gasteiger partial charge is 0.229 e. The lowest BCUT2D eigenvalue weighted by Gasteiger charge is -2.26. The summed E-state index contributed by atoms with van der Waals surface area (Å²) in [6.07, 6.45) is 3.93. The number of para-hydroxylation sites is 1. The highest BCUT2D eigenvalue weighted by Gasteiger charge is 2.21. The molecule has 0 aliphatic carbocycles. The van der Waals surface area contributed by atoms with Crippen LogP contribution in [-0.4, -0.2) is 25.2 Å². The summed E-state index contributed by atoms with van der Waals surface area (Å²) < 4.78 is 5.63. The molecule has 0 N–H and O–H groups in total. The van der Waals surface area contributed by atoms with Crippen molar-refractivity contribution >= 4 is 11.6 Å². The normalized spacial score (nSPS) is 19.5. The van der Waals surface area contributed by atoms with Crippen LogP contribution in [0, 0.1) is 0 Å². The minimum absolute atomic E-state index is 0.115. The fourth-order valence-corrected chi connectivity index (χ4v) is 2.38. The number of carbonyl (C=O) groups excluding carboxylic acids is 1. The van der Waals surface area contributed by atoms with Crippen molar-refractivity contribution in [2.45, 2.75) is 38.7 Å². The standard InChI is InChI=1S/C15H21NO2/c1-2-16(13-8-4-3-5-9-13)15(17)12-14-10-6-7-11-18-14/h3-5,8-9,14H,2,6-7,10-12H2,1H3. The Balaban J connectivity index is 1.97. The number of nitrogens with zero attached hydrogens (tertiary/aromatic N) is 1. The van der Waals surface area contributed by atoms with Crippen molar-refractivity contribution in [1.29, 1.82) is 0 Å². The molecule has 1 unspecified atom stereocenters. The van der Waals surface area contributed by atoms with Crippen LogP contribution in [0.3, 0.4) is 0 Å². The second-order valence-electron chi connectivity index (χ2n) is 4.67. The summed E-state index contributed by atoms with van der Waals surface area (Å²) in [6, 6.07) is 9.84. The van der Waals surface area contributed by atoms with E-state index in [0.717, 1.165) is 25.1 Å². The maximum atomic E-state index is 12.3. The minimum Gasteiger partial charge on any atom is -0.378 e. The first kappa shape index (κ1) is 13.1. The Bertz CT molecular complexity index is 371. The molecular formula is C15H21NO2. The molecule has 1 aromatic rings. The molecule has 0 radical (unpaired) electrons. The molecule has 18 heavy (non-hydrogen) atoms. The third-order valence-electron chi connectivity index (χ3n) is 3.36. The zero-order valence-electron chi connectivity index (χ0n) is 11.0. The van der Waals surface area contributed by atoms with Crippen LogP contribution in [0.5, 0.6) is 0 Å². The lowest BCUT2D eigenvalue weighted by atomic mass is 10.1. The quantitative estimate of drug-likeness (QED) is 0.818. The molecule has 98 valence electrons. The predicted octanol–water partition coefficient (Wildman–Crippen LogP) is 3.00. The number of ether oxygens (including phenoxy) is 1. The largest absolute Gasteiger partial charge is 0.378 e. The van der Waals surface area contributed by atoms with E-state index in [1.807, 2.05) is 42.2 Å². The van der Waals surface area contributed by atoms with Crippen LogP contribution >= 0.6 is 0 Å². The van der Waals surface area contributed by atoms with E-state index in [-0.39, 0.29) is 12.0 Å². The van der Waals surface area contributed by atoms with Gasteiger partial charge >= 0.3 is 0 Å². The highest BCUT2D eigenvalue weighted by molar-refractivity contribution is 5.93. The monoisotopic (exact) mass is 247 g/mol. The highest BCUT2D eigenvalue weighted by Crippen LogP contribution is 2.19. The molecule has 1 heterocycles. The first-order chi connectivity index (χ1) is 8.81. The van der Waals surface area contributed by atoms with E-state index in [0.29, 0.717) is 13.0 Å². The Morgan fingerprint density at radius 1 is 1.33 bits per heavy atom. The van der Waals surface area contributed by atoms with Gasteiger partial charge in [-0.15, -0.1) is 0 Å². The summed E-state index contributed by atoms with van der Waals surface area (Å²) >= 11 is 0. The van der Waals surface area contributed by atoms with Gasteiger partial charge in [-0.05, 0) is 38.3 Å². The van der Waals surface area contributed by atoms with Gasteiger partial charge in [0.25, 0.3) is 0 Å². The molecule has 2 rings (SSSR count). The molecule has 1 aromatic carbocycles. The number of benzene rings is 1. The Morgan fingerprint density at radius 3 is 2.72 bits per heavy atom. The van der Waals surface area contributed by atoms with Gasteiger partial charge in [-0.3, -0.25) is 4.79 Å². The Labute approximate surface area is 109 Å². The van der Waals surface area contributed by atoms with Gasteiger partial charge in [0.05, 0.1) is 12.5 Å². The summed E-state index contributed by atoms with van der Waals surface area (Å²) in [5.41, 5.74) is 0.973. The van der Waals surface area contributed by atoms with Crippen LogP contribution in [0.1, 0.15) is 32.6 Å². The average molecular weight is 247 g/mol. The molecule has 0 spiro atoms. The highest BCUT2D eigenvalue weighted by atomic mass is 16.5. The SMILES string of the molecule is CCN(C(=O)CC1CCCCO1)c1ccccc1. The molecule has 1 fully saturated rings. The lowest BCUT2D eigenvalue weighted by molar-refractivity contribution is -0.122. The van der Waals surface area contributed by atoms with Gasteiger partial charge in [0.2, 0.25) is 5.91 Å². The van der Waals surface area contributed by atoms with Gasteiger partial charge in [0.15, 0.2) is 0 Å². The second-order valence-corrected chi connectivity index (χ2v) is 4.67. The zero-order chi connectivity index (χ0) is 12.8. The molecule has 0 bridgehead atoms. The van der Waals surface area contributed by atoms with E-state index >= 15 is 0 Å². The van der Waals surface area contributed by atoms with Crippen LogP contribution < -0.4 is 4.90 Å². The molecule has 0 aromatic heterocycles. The maximum Gasteiger partial charge on any atom is 0.229 e. The van der Waals surface area contributed by atoms with Crippen molar-refractivity contribution in [2.24, 2.45) is 0 Å². The summed E-state index contributed by atoms with van der Waals surface area (Å²) in [5.74, 6) is 0.163. The molecule has 3 heteroatoms. The molecular weight excluding hydrogens is 226 g/mol. The number of hydrogen-bond donors (Lipinski definition) is 0. The van der Waals surface area contributed by atoms with Crippen LogP contribution in [0.4, 0.5) is 5.69 Å². The molecule has 1 amide bonds. The van der Waals surface area contributed by atoms with Crippen molar-refractivity contribution in [3.63, 3.8) is 0 Å². The molecule has 1 saturated heterocycles. The van der Waals surface area contributed by atoms with Gasteiger partial charge in [0, 0.05) is 18.8 Å². The van der Waals surface area contributed by atoms with E-state index in [1.165, 1.54) is 6.42 Å². The number of amides is 1. The van der Waals surface area contributed by atoms with E-state index in [1.54, 1.807) is 0 Å². The first-order valence-electron chi connectivity index (χ1n) is 6.78. The fourth-order valence-electron chi connectivity index (χ4n) is 2.38. The average Bonchev–Trinajstić information content (AvgIpc) is 2.42. The Morgan fingerprint density at radius 2 is 2.11 bits per heavy atom. The van der Waals surface area contributed by atoms with Crippen molar-refractivity contribution in [3.05, 3.63) is 30.3 Å². The van der Waals surface area contributed by atoms with Gasteiger partial charge < -0.3 is 9.64 Å². The molecule has 1 atom stereocenters. The van der Waals surface area contributed by atoms with Crippen molar-refractivity contribution in [1.82, 2.24) is 0 Å². The molecule has 0 saturated carbocycles. The van der Waals surface area contributed by atoms with E-state index in [9.17, 15) is 4.79 Å². The van der Waals surface area contributed by atoms with Crippen LogP contribution in [0.2, 0.25) is 0 Å². The molecule has 1 aliphatic heterocycles. The number of rotatable bonds is 4. The summed E-state index contributed by atoms with van der Waals surface area (Å²) in [4.78, 5) is 14.1. The summed E-state index contributed by atoms with van der Waals surface area (Å²) in [5, 5.41) is 0. The second kappa shape index (κ2) is 6.55. The number of anilines is 1. The van der Waals surface area contributed by atoms with Crippen LogP contribution in [0.15, 0.2) is 30.3 Å². The summed E-state index contributed by atoms with van der Waals surface area (Å²) in [7, 11) is 0. The van der Waals surface area contributed by atoms with Gasteiger partial charge in [0.1, 0.15) is 0 Å². The van der Waals surface area contributed by atoms with Gasteiger partial charge in [-0.2, -0.15) is 0 Å². The summed E-state index contributed by atoms with van der Waals surface area (Å²) in [6.45, 7) is 3.51. The topological polar surface area (TPSA) is 29.5 Å². The van der Waals surface area contributed by atoms with Gasteiger partial charge in [-0.1, -0.05) is 18.2 Å². The first-order valence-corrected chi connectivity index (χ1v) is 6.78. The Hall–Kier alpha value is -1.35. The third-order valence-corrected chi connectivity index (χ3v) is 3.36. The van der Waals surface area contributed by atoms with Crippen molar-refractivity contribution in [2.75, 3.05) is 18.1 Å². The van der Waals surface area contributed by atoms with Crippen LogP contribution in [0.25, 0.3) is 0 Å². The van der Waals surface area contributed by atoms with Crippen LogP contribution in [-0.2, 0) is 9.53 Å². The predicted molar refractivity (Wildman–Crippen MR) is 72.7 cm³/mol. The van der Waals surface area contributed by atoms with E-state index in [4.69, 9.17) is 4.74 Å². The van der Waals surface area contributed by atoms with E-state index in [2.05, 4.69) is 0 Å². The van der Waals surface area contributed by atoms with Crippen molar-refractivity contribution < 1.29 is 9.53 Å². The Kier molecular flexibility index (Phi) is 4.76. The third kappa shape index (κ3) is 3.33. The zero-order valence-corrected chi connectivity index (χ0v) is 11.0. The number of hydrogen-bond acceptors (Lipinski definition) is 2. The lowest BCUT2D eigenvalue weighted by Crippen LogP contribution is -2.34. The number of carbonyl (C=O) groups is 1. The fraction of sp³-hybridized carbons (Fsp3) is 0.533. The molecule has 3 nitrogen and oxygen atoms in total. The maximum absolute atomic E-state index is 12.3. The minimum atomic E-state index is 0.115.